The normalized spacial score (nSPS) is 15.2. The molecule has 0 spiro atoms. The Morgan fingerprint density at radius 1 is 1.00 bits per heavy atom. The molecule has 1 aliphatic rings. The summed E-state index contributed by atoms with van der Waals surface area (Å²) < 4.78 is 33.4. The Morgan fingerprint density at radius 2 is 1.67 bits per heavy atom. The van der Waals surface area contributed by atoms with Crippen LogP contribution < -0.4 is 15.0 Å². The lowest BCUT2D eigenvalue weighted by molar-refractivity contribution is -0.128. The third kappa shape index (κ3) is 5.58. The zero-order chi connectivity index (χ0) is 25.7. The molecular formula is C27H29N3O5S. The maximum atomic E-state index is 13.4. The fourth-order valence-electron chi connectivity index (χ4n) is 3.97. The molecule has 0 aromatic heterocycles. The van der Waals surface area contributed by atoms with E-state index in [1.807, 2.05) is 37.3 Å². The van der Waals surface area contributed by atoms with Gasteiger partial charge >= 0.3 is 0 Å². The number of likely N-dealkylation sites (N-methyl/N-ethyl adjacent to an activating group) is 1. The monoisotopic (exact) mass is 507 g/mol. The lowest BCUT2D eigenvalue weighted by Gasteiger charge is -2.35. The standard InChI is InChI=1S/C27H29N3O5S/c1-3-29(36(33,34)22-15-13-20(2)14-16-22)19-26(31)30-18-25(35-24-12-8-7-11-23(24)30)27(32)28-17-21-9-5-4-6-10-21/h4-16,25H,3,17-19H2,1-2H3,(H,28,32)/t25-/m1/s1. The van der Waals surface area contributed by atoms with Gasteiger partial charge in [0.15, 0.2) is 6.10 Å². The van der Waals surface area contributed by atoms with Gasteiger partial charge in [0, 0.05) is 13.1 Å². The zero-order valence-corrected chi connectivity index (χ0v) is 21.1. The van der Waals surface area contributed by atoms with Gasteiger partial charge in [0.05, 0.1) is 23.7 Å². The first kappa shape index (κ1) is 25.4. The number of sulfonamides is 1. The molecule has 8 nitrogen and oxygen atoms in total. The predicted molar refractivity (Wildman–Crippen MR) is 137 cm³/mol. The molecule has 0 bridgehead atoms. The number of anilines is 1. The Morgan fingerprint density at radius 3 is 2.36 bits per heavy atom. The number of hydrogen-bond acceptors (Lipinski definition) is 5. The molecule has 0 saturated heterocycles. The first-order chi connectivity index (χ1) is 17.3. The number of benzene rings is 3. The number of rotatable bonds is 8. The van der Waals surface area contributed by atoms with Gasteiger partial charge in [-0.05, 0) is 36.8 Å². The quantitative estimate of drug-likeness (QED) is 0.506. The SMILES string of the molecule is CCN(CC(=O)N1C[C@H](C(=O)NCc2ccccc2)Oc2ccccc21)S(=O)(=O)c1ccc(C)cc1. The smallest absolute Gasteiger partial charge is 0.263 e. The van der Waals surface area contributed by atoms with Crippen LogP contribution in [-0.2, 0) is 26.2 Å². The van der Waals surface area contributed by atoms with Crippen molar-refractivity contribution >= 4 is 27.5 Å². The van der Waals surface area contributed by atoms with Crippen molar-refractivity contribution in [2.24, 2.45) is 0 Å². The number of amides is 2. The lowest BCUT2D eigenvalue weighted by Crippen LogP contribution is -2.53. The third-order valence-corrected chi connectivity index (χ3v) is 7.93. The summed E-state index contributed by atoms with van der Waals surface area (Å²) in [6, 6.07) is 22.9. The van der Waals surface area contributed by atoms with Crippen molar-refractivity contribution in [3.8, 4) is 5.75 Å². The van der Waals surface area contributed by atoms with E-state index in [-0.39, 0.29) is 30.4 Å². The van der Waals surface area contributed by atoms with E-state index in [0.29, 0.717) is 18.0 Å². The van der Waals surface area contributed by atoms with Crippen LogP contribution in [-0.4, -0.2) is 50.3 Å². The second kappa shape index (κ2) is 10.9. The van der Waals surface area contributed by atoms with E-state index in [1.165, 1.54) is 17.0 Å². The number of para-hydroxylation sites is 2. The van der Waals surface area contributed by atoms with Crippen LogP contribution in [0.1, 0.15) is 18.1 Å². The van der Waals surface area contributed by atoms with Crippen molar-refractivity contribution in [2.45, 2.75) is 31.4 Å². The Balaban J connectivity index is 1.52. The van der Waals surface area contributed by atoms with Crippen LogP contribution in [0.4, 0.5) is 5.69 Å². The highest BCUT2D eigenvalue weighted by atomic mass is 32.2. The van der Waals surface area contributed by atoms with E-state index >= 15 is 0 Å². The number of carbonyl (C=O) groups is 2. The maximum Gasteiger partial charge on any atom is 0.263 e. The van der Waals surface area contributed by atoms with Gasteiger partial charge in [-0.15, -0.1) is 0 Å². The number of nitrogens with one attached hydrogen (secondary N) is 1. The van der Waals surface area contributed by atoms with E-state index in [4.69, 9.17) is 4.74 Å². The van der Waals surface area contributed by atoms with Crippen LogP contribution >= 0.6 is 0 Å². The molecule has 0 unspecified atom stereocenters. The van der Waals surface area contributed by atoms with E-state index in [9.17, 15) is 18.0 Å². The van der Waals surface area contributed by atoms with Gasteiger partial charge in [-0.25, -0.2) is 8.42 Å². The maximum absolute atomic E-state index is 13.4. The Bertz CT molecular complexity index is 1330. The minimum atomic E-state index is -3.87. The van der Waals surface area contributed by atoms with E-state index in [1.54, 1.807) is 43.3 Å². The van der Waals surface area contributed by atoms with Gasteiger partial charge < -0.3 is 15.0 Å². The molecule has 4 rings (SSSR count). The molecule has 1 N–H and O–H groups in total. The van der Waals surface area contributed by atoms with E-state index in [2.05, 4.69) is 5.32 Å². The van der Waals surface area contributed by atoms with Gasteiger partial charge in [0.25, 0.3) is 5.91 Å². The number of aryl methyl sites for hydroxylation is 1. The highest BCUT2D eigenvalue weighted by molar-refractivity contribution is 7.89. The summed E-state index contributed by atoms with van der Waals surface area (Å²) in [5, 5.41) is 2.85. The second-order valence-electron chi connectivity index (χ2n) is 8.53. The number of hydrogen-bond donors (Lipinski definition) is 1. The molecule has 188 valence electrons. The molecular weight excluding hydrogens is 478 g/mol. The fourth-order valence-corrected chi connectivity index (χ4v) is 5.37. The fraction of sp³-hybridized carbons (Fsp3) is 0.259. The molecule has 2 amide bonds. The summed E-state index contributed by atoms with van der Waals surface area (Å²) in [7, 11) is -3.87. The van der Waals surface area contributed by atoms with Gasteiger partial charge in [-0.2, -0.15) is 4.31 Å². The molecule has 0 saturated carbocycles. The van der Waals surface area contributed by atoms with Crippen LogP contribution in [0.15, 0.2) is 83.8 Å². The average Bonchev–Trinajstić information content (AvgIpc) is 2.90. The molecule has 1 atom stereocenters. The summed E-state index contributed by atoms with van der Waals surface area (Å²) in [5.74, 6) is -0.406. The zero-order valence-electron chi connectivity index (χ0n) is 20.3. The van der Waals surface area contributed by atoms with Crippen molar-refractivity contribution < 1.29 is 22.7 Å². The number of carbonyl (C=O) groups excluding carboxylic acids is 2. The van der Waals surface area contributed by atoms with Crippen LogP contribution in [0.25, 0.3) is 0 Å². The first-order valence-corrected chi connectivity index (χ1v) is 13.2. The molecule has 36 heavy (non-hydrogen) atoms. The van der Waals surface area contributed by atoms with Gasteiger partial charge in [-0.3, -0.25) is 9.59 Å². The first-order valence-electron chi connectivity index (χ1n) is 11.7. The highest BCUT2D eigenvalue weighted by Crippen LogP contribution is 2.33. The average molecular weight is 508 g/mol. The third-order valence-electron chi connectivity index (χ3n) is 6.00. The predicted octanol–water partition coefficient (Wildman–Crippen LogP) is 3.12. The minimum Gasteiger partial charge on any atom is -0.477 e. The Hall–Kier alpha value is -3.69. The Labute approximate surface area is 211 Å². The van der Waals surface area contributed by atoms with E-state index in [0.717, 1.165) is 15.4 Å². The summed E-state index contributed by atoms with van der Waals surface area (Å²) in [5.41, 5.74) is 2.38. The summed E-state index contributed by atoms with van der Waals surface area (Å²) in [6.45, 7) is 3.62. The van der Waals surface area contributed by atoms with Crippen LogP contribution in [0, 0.1) is 6.92 Å². The summed E-state index contributed by atoms with van der Waals surface area (Å²) >= 11 is 0. The largest absolute Gasteiger partial charge is 0.477 e. The molecule has 1 aliphatic heterocycles. The number of nitrogens with zero attached hydrogens (tertiary/aromatic N) is 2. The number of ether oxygens (including phenoxy) is 1. The van der Waals surface area contributed by atoms with Crippen molar-refractivity contribution in [3.05, 3.63) is 90.0 Å². The molecule has 3 aromatic carbocycles. The number of fused-ring (bicyclic) bond motifs is 1. The molecule has 0 aliphatic carbocycles. The molecule has 0 fully saturated rings. The van der Waals surface area contributed by atoms with Crippen molar-refractivity contribution in [1.82, 2.24) is 9.62 Å². The summed E-state index contributed by atoms with van der Waals surface area (Å²) in [4.78, 5) is 27.9. The highest BCUT2D eigenvalue weighted by Gasteiger charge is 2.35. The van der Waals surface area contributed by atoms with Crippen molar-refractivity contribution in [1.29, 1.82) is 0 Å². The van der Waals surface area contributed by atoms with Crippen LogP contribution in [0.2, 0.25) is 0 Å². The van der Waals surface area contributed by atoms with Gasteiger partial charge in [0.1, 0.15) is 5.75 Å². The van der Waals surface area contributed by atoms with Gasteiger partial charge in [0.2, 0.25) is 15.9 Å². The summed E-state index contributed by atoms with van der Waals surface area (Å²) in [6.07, 6.45) is -0.934. The second-order valence-corrected chi connectivity index (χ2v) is 10.5. The van der Waals surface area contributed by atoms with Crippen LogP contribution in [0.3, 0.4) is 0 Å². The van der Waals surface area contributed by atoms with Crippen molar-refractivity contribution in [2.75, 3.05) is 24.5 Å². The molecule has 3 aromatic rings. The molecule has 0 radical (unpaired) electrons. The lowest BCUT2D eigenvalue weighted by atomic mass is 10.1. The van der Waals surface area contributed by atoms with Crippen LogP contribution in [0.5, 0.6) is 5.75 Å². The molecule has 1 heterocycles. The minimum absolute atomic E-state index is 0.0292. The van der Waals surface area contributed by atoms with Gasteiger partial charge in [-0.1, -0.05) is 67.1 Å². The van der Waals surface area contributed by atoms with Crippen molar-refractivity contribution in [3.63, 3.8) is 0 Å². The topological polar surface area (TPSA) is 96.0 Å². The molecule has 9 heteroatoms. The Kier molecular flexibility index (Phi) is 7.71. The van der Waals surface area contributed by atoms with E-state index < -0.39 is 22.0 Å².